The van der Waals surface area contributed by atoms with Gasteiger partial charge in [-0.05, 0) is 37.3 Å². The van der Waals surface area contributed by atoms with E-state index in [0.29, 0.717) is 10.8 Å². The Morgan fingerprint density at radius 2 is 1.92 bits per heavy atom. The number of ether oxygens (including phenoxy) is 1. The van der Waals surface area contributed by atoms with E-state index in [1.165, 1.54) is 11.3 Å². The standard InChI is InChI=1S/C19H22N4O2S/c1-11-16(12-6-8-13(25-5)9-7-12)20-18(26-11)21-17(24)14-10-15(23-22-14)19(2,3)4/h6-10H,1-5H3,(H,22,23)(H,20,21,24). The van der Waals surface area contributed by atoms with Gasteiger partial charge in [-0.1, -0.05) is 20.8 Å². The number of H-pyrrole nitrogens is 1. The average Bonchev–Trinajstić information content (AvgIpc) is 3.22. The molecule has 0 atom stereocenters. The fourth-order valence-corrected chi connectivity index (χ4v) is 3.28. The number of nitrogens with one attached hydrogen (secondary N) is 2. The molecule has 0 radical (unpaired) electrons. The minimum absolute atomic E-state index is 0.0924. The summed E-state index contributed by atoms with van der Waals surface area (Å²) in [5.74, 6) is 0.523. The summed E-state index contributed by atoms with van der Waals surface area (Å²) < 4.78 is 5.18. The predicted octanol–water partition coefficient (Wildman–Crippen LogP) is 4.40. The Balaban J connectivity index is 1.78. The van der Waals surface area contributed by atoms with Gasteiger partial charge in [0, 0.05) is 21.5 Å². The van der Waals surface area contributed by atoms with Crippen molar-refractivity contribution < 1.29 is 9.53 Å². The molecule has 2 N–H and O–H groups in total. The van der Waals surface area contributed by atoms with E-state index in [4.69, 9.17) is 4.74 Å². The molecule has 7 heteroatoms. The lowest BCUT2D eigenvalue weighted by atomic mass is 9.92. The van der Waals surface area contributed by atoms with E-state index >= 15 is 0 Å². The predicted molar refractivity (Wildman–Crippen MR) is 104 cm³/mol. The summed E-state index contributed by atoms with van der Waals surface area (Å²) in [6, 6.07) is 9.47. The van der Waals surface area contributed by atoms with Crippen LogP contribution in [-0.2, 0) is 5.41 Å². The molecular formula is C19H22N4O2S. The van der Waals surface area contributed by atoms with E-state index in [9.17, 15) is 4.79 Å². The average molecular weight is 370 g/mol. The van der Waals surface area contributed by atoms with Crippen LogP contribution < -0.4 is 10.1 Å². The monoisotopic (exact) mass is 370 g/mol. The lowest BCUT2D eigenvalue weighted by molar-refractivity contribution is 0.102. The smallest absolute Gasteiger partial charge is 0.277 e. The number of benzene rings is 1. The summed E-state index contributed by atoms with van der Waals surface area (Å²) in [5, 5.41) is 10.4. The number of methoxy groups -OCH3 is 1. The second-order valence-electron chi connectivity index (χ2n) is 7.02. The molecule has 0 fully saturated rings. The van der Waals surface area contributed by atoms with Gasteiger partial charge in [-0.2, -0.15) is 5.10 Å². The molecule has 0 aliphatic carbocycles. The van der Waals surface area contributed by atoms with Crippen molar-refractivity contribution in [1.82, 2.24) is 15.2 Å². The Bertz CT molecular complexity index is 920. The summed E-state index contributed by atoms with van der Waals surface area (Å²) in [6.45, 7) is 8.17. The third kappa shape index (κ3) is 3.77. The van der Waals surface area contributed by atoms with E-state index in [-0.39, 0.29) is 11.3 Å². The van der Waals surface area contributed by atoms with Gasteiger partial charge in [0.05, 0.1) is 12.8 Å². The first-order valence-electron chi connectivity index (χ1n) is 8.27. The van der Waals surface area contributed by atoms with Gasteiger partial charge >= 0.3 is 0 Å². The van der Waals surface area contributed by atoms with Crippen LogP contribution in [-0.4, -0.2) is 28.2 Å². The van der Waals surface area contributed by atoms with Crippen molar-refractivity contribution in [2.24, 2.45) is 0 Å². The molecule has 0 spiro atoms. The number of carbonyl (C=O) groups excluding carboxylic acids is 1. The van der Waals surface area contributed by atoms with E-state index in [2.05, 4.69) is 41.3 Å². The molecule has 136 valence electrons. The van der Waals surface area contributed by atoms with Crippen LogP contribution in [0.2, 0.25) is 0 Å². The van der Waals surface area contributed by atoms with Crippen LogP contribution in [0, 0.1) is 6.92 Å². The van der Waals surface area contributed by atoms with Crippen LogP contribution in [0.1, 0.15) is 41.8 Å². The number of aryl methyl sites for hydroxylation is 1. The number of hydrogen-bond acceptors (Lipinski definition) is 5. The first kappa shape index (κ1) is 18.1. The van der Waals surface area contributed by atoms with Crippen molar-refractivity contribution >= 4 is 22.4 Å². The number of carbonyl (C=O) groups is 1. The maximum absolute atomic E-state index is 12.5. The minimum Gasteiger partial charge on any atom is -0.497 e. The lowest BCUT2D eigenvalue weighted by Crippen LogP contribution is -2.13. The van der Waals surface area contributed by atoms with Crippen LogP contribution in [0.3, 0.4) is 0 Å². The summed E-state index contributed by atoms with van der Waals surface area (Å²) >= 11 is 1.44. The second-order valence-corrected chi connectivity index (χ2v) is 8.23. The van der Waals surface area contributed by atoms with Crippen molar-refractivity contribution in [3.63, 3.8) is 0 Å². The third-order valence-corrected chi connectivity index (χ3v) is 4.89. The fraction of sp³-hybridized carbons (Fsp3) is 0.316. The molecule has 1 aromatic carbocycles. The van der Waals surface area contributed by atoms with Crippen molar-refractivity contribution in [2.75, 3.05) is 12.4 Å². The van der Waals surface area contributed by atoms with E-state index in [1.54, 1.807) is 13.2 Å². The quantitative estimate of drug-likeness (QED) is 0.713. The summed E-state index contributed by atoms with van der Waals surface area (Å²) in [5.41, 5.74) is 3.01. The van der Waals surface area contributed by atoms with Crippen LogP contribution >= 0.6 is 11.3 Å². The Hall–Kier alpha value is -2.67. The minimum atomic E-state index is -0.271. The van der Waals surface area contributed by atoms with Gasteiger partial charge in [-0.15, -0.1) is 11.3 Å². The van der Waals surface area contributed by atoms with Crippen molar-refractivity contribution in [2.45, 2.75) is 33.1 Å². The Kier molecular flexibility index (Phi) is 4.82. The maximum Gasteiger partial charge on any atom is 0.277 e. The fourth-order valence-electron chi connectivity index (χ4n) is 2.45. The van der Waals surface area contributed by atoms with Crippen LogP contribution in [0.5, 0.6) is 5.75 Å². The first-order valence-corrected chi connectivity index (χ1v) is 9.08. The highest BCUT2D eigenvalue weighted by Crippen LogP contribution is 2.31. The highest BCUT2D eigenvalue weighted by atomic mass is 32.1. The molecule has 0 unspecified atom stereocenters. The SMILES string of the molecule is COc1ccc(-c2nc(NC(=O)c3cc(C(C)(C)C)[nH]n3)sc2C)cc1. The summed E-state index contributed by atoms with van der Waals surface area (Å²) in [6.07, 6.45) is 0. The third-order valence-electron chi connectivity index (χ3n) is 4.00. The number of hydrogen-bond donors (Lipinski definition) is 2. The molecule has 0 saturated heterocycles. The van der Waals surface area contributed by atoms with Gasteiger partial charge in [0.2, 0.25) is 0 Å². The van der Waals surface area contributed by atoms with E-state index in [1.807, 2.05) is 31.2 Å². The molecular weight excluding hydrogens is 348 g/mol. The summed E-state index contributed by atoms with van der Waals surface area (Å²) in [7, 11) is 1.64. The van der Waals surface area contributed by atoms with Gasteiger partial charge in [0.1, 0.15) is 5.75 Å². The molecule has 1 amide bonds. The van der Waals surface area contributed by atoms with Gasteiger partial charge in [0.15, 0.2) is 10.8 Å². The lowest BCUT2D eigenvalue weighted by Gasteiger charge is -2.14. The topological polar surface area (TPSA) is 79.9 Å². The number of rotatable bonds is 4. The molecule has 3 rings (SSSR count). The van der Waals surface area contributed by atoms with Crippen molar-refractivity contribution in [3.8, 4) is 17.0 Å². The summed E-state index contributed by atoms with van der Waals surface area (Å²) in [4.78, 5) is 18.0. The molecule has 2 heterocycles. The van der Waals surface area contributed by atoms with E-state index < -0.39 is 0 Å². The molecule has 0 aliphatic heterocycles. The van der Waals surface area contributed by atoms with Gasteiger partial charge in [-0.25, -0.2) is 4.98 Å². The molecule has 0 aliphatic rings. The largest absolute Gasteiger partial charge is 0.497 e. The van der Waals surface area contributed by atoms with Gasteiger partial charge in [-0.3, -0.25) is 15.2 Å². The second kappa shape index (κ2) is 6.92. The number of aromatic nitrogens is 3. The molecule has 3 aromatic rings. The zero-order chi connectivity index (χ0) is 18.9. The number of amides is 1. The number of anilines is 1. The van der Waals surface area contributed by atoms with Crippen molar-refractivity contribution in [3.05, 3.63) is 46.6 Å². The van der Waals surface area contributed by atoms with E-state index in [0.717, 1.165) is 27.6 Å². The zero-order valence-electron chi connectivity index (χ0n) is 15.5. The van der Waals surface area contributed by atoms with Crippen LogP contribution in [0.15, 0.2) is 30.3 Å². The zero-order valence-corrected chi connectivity index (χ0v) is 16.3. The van der Waals surface area contributed by atoms with Crippen molar-refractivity contribution in [1.29, 1.82) is 0 Å². The number of nitrogens with zero attached hydrogens (tertiary/aromatic N) is 2. The highest BCUT2D eigenvalue weighted by Gasteiger charge is 2.20. The van der Waals surface area contributed by atoms with Crippen LogP contribution in [0.4, 0.5) is 5.13 Å². The first-order chi connectivity index (χ1) is 12.3. The highest BCUT2D eigenvalue weighted by molar-refractivity contribution is 7.16. The Morgan fingerprint density at radius 3 is 2.50 bits per heavy atom. The van der Waals surface area contributed by atoms with Crippen LogP contribution in [0.25, 0.3) is 11.3 Å². The molecule has 2 aromatic heterocycles. The van der Waals surface area contributed by atoms with Gasteiger partial charge in [0.25, 0.3) is 5.91 Å². The molecule has 26 heavy (non-hydrogen) atoms. The molecule has 6 nitrogen and oxygen atoms in total. The number of thiazole rings is 1. The Morgan fingerprint density at radius 1 is 1.23 bits per heavy atom. The molecule has 0 saturated carbocycles. The maximum atomic E-state index is 12.5. The molecule has 0 bridgehead atoms. The Labute approximate surface area is 156 Å². The normalized spacial score (nSPS) is 11.4. The number of aromatic amines is 1. The van der Waals surface area contributed by atoms with Gasteiger partial charge < -0.3 is 4.74 Å².